The lowest BCUT2D eigenvalue weighted by Crippen LogP contribution is -2.16. The van der Waals surface area contributed by atoms with Crippen LogP contribution >= 0.6 is 0 Å². The van der Waals surface area contributed by atoms with Crippen LogP contribution in [0, 0.1) is 5.41 Å². The minimum atomic E-state index is -0.167. The third-order valence-corrected chi connectivity index (χ3v) is 2.98. The average molecular weight is 244 g/mol. The molecule has 3 N–H and O–H groups in total. The molecule has 1 aromatic heterocycles. The minimum Gasteiger partial charge on any atom is -0.382 e. The lowest BCUT2D eigenvalue weighted by Gasteiger charge is -2.00. The summed E-state index contributed by atoms with van der Waals surface area (Å²) < 4.78 is 3.37. The third-order valence-electron chi connectivity index (χ3n) is 2.98. The van der Waals surface area contributed by atoms with Crippen molar-refractivity contribution < 1.29 is 0 Å². The van der Waals surface area contributed by atoms with Gasteiger partial charge in [-0.2, -0.15) is 0 Å². The number of aromatic nitrogens is 2. The predicted molar refractivity (Wildman–Crippen MR) is 70.2 cm³/mol. The maximum Gasteiger partial charge on any atom is 0.294 e. The molecule has 2 aliphatic rings. The van der Waals surface area contributed by atoms with Crippen molar-refractivity contribution >= 4 is 29.3 Å². The lowest BCUT2D eigenvalue weighted by atomic mass is 10.3. The molecule has 0 bridgehead atoms. The van der Waals surface area contributed by atoms with Crippen molar-refractivity contribution in [2.75, 3.05) is 5.73 Å². The summed E-state index contributed by atoms with van der Waals surface area (Å²) in [5.41, 5.74) is 6.54. The normalized spacial score (nSPS) is 19.8. The summed E-state index contributed by atoms with van der Waals surface area (Å²) in [6.07, 6.45) is 5.54. The molecule has 0 aliphatic carbocycles. The second-order valence-electron chi connectivity index (χ2n) is 4.15. The SMILES string of the molecule is N=C1C=CC(=Nc2c(N)n3n(c2=O)CCC3)C=N1. The molecular formula is C11H12N6O. The molecular weight excluding hydrogens is 232 g/mol. The van der Waals surface area contributed by atoms with Crippen LogP contribution in [-0.4, -0.2) is 27.1 Å². The van der Waals surface area contributed by atoms with E-state index >= 15 is 0 Å². The number of rotatable bonds is 1. The lowest BCUT2D eigenvalue weighted by molar-refractivity contribution is 0.601. The van der Waals surface area contributed by atoms with Crippen molar-refractivity contribution in [1.29, 1.82) is 5.41 Å². The highest BCUT2D eigenvalue weighted by atomic mass is 16.1. The van der Waals surface area contributed by atoms with Gasteiger partial charge in [0, 0.05) is 13.1 Å². The number of amidine groups is 1. The number of nitrogens with zero attached hydrogens (tertiary/aromatic N) is 4. The van der Waals surface area contributed by atoms with Crippen molar-refractivity contribution in [3.8, 4) is 0 Å². The van der Waals surface area contributed by atoms with Gasteiger partial charge in [-0.3, -0.25) is 14.9 Å². The van der Waals surface area contributed by atoms with E-state index < -0.39 is 0 Å². The molecule has 1 aromatic rings. The molecule has 0 atom stereocenters. The van der Waals surface area contributed by atoms with Gasteiger partial charge in [-0.05, 0) is 18.6 Å². The topological polar surface area (TPSA) is 102 Å². The van der Waals surface area contributed by atoms with Gasteiger partial charge in [-0.25, -0.2) is 14.7 Å². The highest BCUT2D eigenvalue weighted by molar-refractivity contribution is 6.40. The zero-order valence-corrected chi connectivity index (χ0v) is 9.63. The molecule has 3 rings (SSSR count). The van der Waals surface area contributed by atoms with Crippen LogP contribution in [0.2, 0.25) is 0 Å². The van der Waals surface area contributed by atoms with Crippen molar-refractivity contribution in [3.05, 3.63) is 22.5 Å². The quantitative estimate of drug-likeness (QED) is 0.743. The highest BCUT2D eigenvalue weighted by Crippen LogP contribution is 2.22. The first kappa shape index (κ1) is 10.7. The van der Waals surface area contributed by atoms with Crippen molar-refractivity contribution in [3.63, 3.8) is 0 Å². The molecule has 7 nitrogen and oxygen atoms in total. The van der Waals surface area contributed by atoms with E-state index in [9.17, 15) is 4.79 Å². The van der Waals surface area contributed by atoms with E-state index in [1.165, 1.54) is 12.3 Å². The van der Waals surface area contributed by atoms with Crippen LogP contribution in [0.3, 0.4) is 0 Å². The number of nitrogens with two attached hydrogens (primary N) is 1. The standard InChI is InChI=1S/C11H12N6O/c12-8-3-2-7(6-14-8)15-9-10(13)16-4-1-5-17(16)11(9)18/h2-3,6,12H,1,4-5,13H2. The Hall–Kier alpha value is -2.44. The Morgan fingerprint density at radius 2 is 2.11 bits per heavy atom. The minimum absolute atomic E-state index is 0.165. The van der Waals surface area contributed by atoms with Crippen LogP contribution in [0.25, 0.3) is 0 Å². The molecule has 0 unspecified atom stereocenters. The molecule has 3 heterocycles. The second-order valence-corrected chi connectivity index (χ2v) is 4.15. The number of nitrogen functional groups attached to an aromatic ring is 1. The Balaban J connectivity index is 2.07. The van der Waals surface area contributed by atoms with E-state index in [1.54, 1.807) is 15.4 Å². The molecule has 0 saturated carbocycles. The fourth-order valence-electron chi connectivity index (χ4n) is 2.11. The van der Waals surface area contributed by atoms with Crippen LogP contribution in [0.4, 0.5) is 11.5 Å². The number of anilines is 1. The van der Waals surface area contributed by atoms with Gasteiger partial charge < -0.3 is 5.73 Å². The number of hydrogen-bond acceptors (Lipinski definition) is 4. The van der Waals surface area contributed by atoms with Crippen molar-refractivity contribution in [2.24, 2.45) is 9.98 Å². The number of fused-ring (bicyclic) bond motifs is 1. The van der Waals surface area contributed by atoms with Gasteiger partial charge in [0.1, 0.15) is 5.84 Å². The van der Waals surface area contributed by atoms with Crippen LogP contribution < -0.4 is 11.3 Å². The summed E-state index contributed by atoms with van der Waals surface area (Å²) in [6, 6.07) is 0. The summed E-state index contributed by atoms with van der Waals surface area (Å²) in [6.45, 7) is 1.43. The number of hydrogen-bond donors (Lipinski definition) is 2. The number of dihydropyridines is 1. The molecule has 0 radical (unpaired) electrons. The second kappa shape index (κ2) is 3.80. The first-order chi connectivity index (χ1) is 8.66. The zero-order valence-electron chi connectivity index (χ0n) is 9.63. The average Bonchev–Trinajstić information content (AvgIpc) is 2.92. The Bertz CT molecular complexity index is 654. The van der Waals surface area contributed by atoms with Crippen molar-refractivity contribution in [1.82, 2.24) is 9.36 Å². The zero-order chi connectivity index (χ0) is 12.7. The summed E-state index contributed by atoms with van der Waals surface area (Å²) in [5, 5.41) is 7.29. The highest BCUT2D eigenvalue weighted by Gasteiger charge is 2.21. The van der Waals surface area contributed by atoms with Gasteiger partial charge in [0.2, 0.25) is 0 Å². The largest absolute Gasteiger partial charge is 0.382 e. The van der Waals surface area contributed by atoms with E-state index in [0.717, 1.165) is 13.0 Å². The van der Waals surface area contributed by atoms with Crippen LogP contribution in [0.15, 0.2) is 26.9 Å². The van der Waals surface area contributed by atoms with E-state index in [2.05, 4.69) is 9.98 Å². The Morgan fingerprint density at radius 3 is 2.78 bits per heavy atom. The maximum absolute atomic E-state index is 12.1. The smallest absolute Gasteiger partial charge is 0.294 e. The van der Waals surface area contributed by atoms with Gasteiger partial charge >= 0.3 is 0 Å². The molecule has 0 spiro atoms. The Morgan fingerprint density at radius 1 is 1.33 bits per heavy atom. The molecule has 2 aliphatic heterocycles. The molecule has 0 saturated heterocycles. The van der Waals surface area contributed by atoms with Gasteiger partial charge in [0.15, 0.2) is 11.5 Å². The summed E-state index contributed by atoms with van der Waals surface area (Å²) in [7, 11) is 0. The Kier molecular flexibility index (Phi) is 2.26. The molecule has 7 heteroatoms. The molecule has 18 heavy (non-hydrogen) atoms. The number of aliphatic imine (C=N–C) groups is 2. The number of nitrogens with one attached hydrogen (secondary N) is 1. The predicted octanol–water partition coefficient (Wildman–Crippen LogP) is 0.326. The van der Waals surface area contributed by atoms with Crippen molar-refractivity contribution in [2.45, 2.75) is 19.5 Å². The Labute approximate surface area is 102 Å². The van der Waals surface area contributed by atoms with E-state index in [4.69, 9.17) is 11.1 Å². The van der Waals surface area contributed by atoms with Crippen LogP contribution in [0.1, 0.15) is 6.42 Å². The van der Waals surface area contributed by atoms with Crippen LogP contribution in [-0.2, 0) is 13.1 Å². The first-order valence-electron chi connectivity index (χ1n) is 5.65. The molecule has 92 valence electrons. The van der Waals surface area contributed by atoms with Crippen LogP contribution in [0.5, 0.6) is 0 Å². The van der Waals surface area contributed by atoms with Gasteiger partial charge in [-0.15, -0.1) is 0 Å². The first-order valence-corrected chi connectivity index (χ1v) is 5.65. The molecule has 0 aromatic carbocycles. The van der Waals surface area contributed by atoms with E-state index in [0.29, 0.717) is 18.1 Å². The third kappa shape index (κ3) is 1.52. The van der Waals surface area contributed by atoms with Gasteiger partial charge in [-0.1, -0.05) is 0 Å². The fraction of sp³-hybridized carbons (Fsp3) is 0.273. The summed E-state index contributed by atoms with van der Waals surface area (Å²) in [5.74, 6) is 0.561. The van der Waals surface area contributed by atoms with Gasteiger partial charge in [0.25, 0.3) is 5.56 Å². The number of allylic oxidation sites excluding steroid dienone is 1. The van der Waals surface area contributed by atoms with Gasteiger partial charge in [0.05, 0.1) is 11.9 Å². The molecule has 0 amide bonds. The summed E-state index contributed by atoms with van der Waals surface area (Å²) in [4.78, 5) is 20.1. The molecule has 0 fully saturated rings. The van der Waals surface area contributed by atoms with E-state index in [1.807, 2.05) is 0 Å². The monoisotopic (exact) mass is 244 g/mol. The fourth-order valence-corrected chi connectivity index (χ4v) is 2.11. The summed E-state index contributed by atoms with van der Waals surface area (Å²) >= 11 is 0. The maximum atomic E-state index is 12.1. The van der Waals surface area contributed by atoms with E-state index in [-0.39, 0.29) is 17.1 Å².